The fourth-order valence-electron chi connectivity index (χ4n) is 2.72. The van der Waals surface area contributed by atoms with Crippen molar-refractivity contribution >= 4 is 5.65 Å². The van der Waals surface area contributed by atoms with Crippen LogP contribution in [0.1, 0.15) is 25.1 Å². The first-order chi connectivity index (χ1) is 11.1. The summed E-state index contributed by atoms with van der Waals surface area (Å²) in [4.78, 5) is 4.44. The fourth-order valence-corrected chi connectivity index (χ4v) is 2.72. The number of fused-ring (bicyclic) bond motifs is 1. The van der Waals surface area contributed by atoms with Crippen molar-refractivity contribution in [2.75, 3.05) is 0 Å². The average molecular weight is 333 g/mol. The average Bonchev–Trinajstić information content (AvgIpc) is 2.88. The minimum absolute atomic E-state index is 0.375. The van der Waals surface area contributed by atoms with Crippen LogP contribution < -0.4 is 5.73 Å². The standard InChI is InChI=1S/C18H18F3N3/c1-17(2,22)10-14-11-23-16-15(4-3-9-24(14)16)12-5-7-13(8-6-12)18(19,20)21/h3-9,11H,10,22H2,1-2H3. The van der Waals surface area contributed by atoms with Gasteiger partial charge in [-0.05, 0) is 43.7 Å². The van der Waals surface area contributed by atoms with Crippen molar-refractivity contribution in [3.8, 4) is 11.1 Å². The number of nitrogens with two attached hydrogens (primary N) is 1. The molecule has 0 bridgehead atoms. The number of benzene rings is 1. The molecule has 0 aliphatic heterocycles. The van der Waals surface area contributed by atoms with E-state index in [1.54, 1.807) is 6.20 Å². The monoisotopic (exact) mass is 333 g/mol. The van der Waals surface area contributed by atoms with E-state index in [-0.39, 0.29) is 5.54 Å². The van der Waals surface area contributed by atoms with E-state index in [4.69, 9.17) is 5.73 Å². The summed E-state index contributed by atoms with van der Waals surface area (Å²) in [6.07, 6.45) is -0.0448. The van der Waals surface area contributed by atoms with Gasteiger partial charge in [0.15, 0.2) is 0 Å². The van der Waals surface area contributed by atoms with E-state index in [9.17, 15) is 13.2 Å². The maximum absolute atomic E-state index is 12.7. The number of rotatable bonds is 3. The topological polar surface area (TPSA) is 43.3 Å². The number of hydrogen-bond acceptors (Lipinski definition) is 2. The molecule has 0 aliphatic carbocycles. The zero-order valence-corrected chi connectivity index (χ0v) is 13.4. The molecular formula is C18H18F3N3. The van der Waals surface area contributed by atoms with Crippen LogP contribution in [0.3, 0.4) is 0 Å². The second-order valence-electron chi connectivity index (χ2n) is 6.61. The highest BCUT2D eigenvalue weighted by molar-refractivity contribution is 5.77. The number of hydrogen-bond donors (Lipinski definition) is 1. The molecule has 0 unspecified atom stereocenters. The summed E-state index contributed by atoms with van der Waals surface area (Å²) in [5.41, 5.74) is 8.19. The van der Waals surface area contributed by atoms with Crippen LogP contribution in [0, 0.1) is 0 Å². The normalized spacial score (nSPS) is 12.8. The summed E-state index contributed by atoms with van der Waals surface area (Å²) in [7, 11) is 0. The third kappa shape index (κ3) is 3.28. The Balaban J connectivity index is 2.04. The summed E-state index contributed by atoms with van der Waals surface area (Å²) in [6, 6.07) is 8.83. The molecule has 0 spiro atoms. The molecule has 0 fully saturated rings. The van der Waals surface area contributed by atoms with Crippen molar-refractivity contribution < 1.29 is 13.2 Å². The number of imidazole rings is 1. The predicted octanol–water partition coefficient (Wildman–Crippen LogP) is 4.30. The first-order valence-corrected chi connectivity index (χ1v) is 7.57. The summed E-state index contributed by atoms with van der Waals surface area (Å²) < 4.78 is 40.1. The van der Waals surface area contributed by atoms with Crippen LogP contribution in [-0.4, -0.2) is 14.9 Å². The molecule has 0 atom stereocenters. The van der Waals surface area contributed by atoms with Gasteiger partial charge in [0.05, 0.1) is 5.56 Å². The van der Waals surface area contributed by atoms with Crippen molar-refractivity contribution in [1.82, 2.24) is 9.38 Å². The first-order valence-electron chi connectivity index (χ1n) is 7.57. The van der Waals surface area contributed by atoms with E-state index < -0.39 is 11.7 Å². The maximum atomic E-state index is 12.7. The molecule has 2 heterocycles. The molecule has 3 aromatic rings. The smallest absolute Gasteiger partial charge is 0.325 e. The Bertz CT molecular complexity index is 856. The molecule has 0 amide bonds. The van der Waals surface area contributed by atoms with Crippen LogP contribution in [0.25, 0.3) is 16.8 Å². The lowest BCUT2D eigenvalue weighted by molar-refractivity contribution is -0.137. The van der Waals surface area contributed by atoms with Gasteiger partial charge in [-0.25, -0.2) is 4.98 Å². The molecule has 0 aliphatic rings. The molecule has 0 radical (unpaired) electrons. The zero-order chi connectivity index (χ0) is 17.5. The second kappa shape index (κ2) is 5.63. The van der Waals surface area contributed by atoms with E-state index >= 15 is 0 Å². The summed E-state index contributed by atoms with van der Waals surface area (Å²) in [6.45, 7) is 3.87. The highest BCUT2D eigenvalue weighted by atomic mass is 19.4. The van der Waals surface area contributed by atoms with E-state index in [1.165, 1.54) is 12.1 Å². The fraction of sp³-hybridized carbons (Fsp3) is 0.278. The van der Waals surface area contributed by atoms with Crippen LogP contribution in [0.4, 0.5) is 13.2 Å². The quantitative estimate of drug-likeness (QED) is 0.776. The van der Waals surface area contributed by atoms with Gasteiger partial charge in [0.2, 0.25) is 0 Å². The number of aromatic nitrogens is 2. The van der Waals surface area contributed by atoms with E-state index in [2.05, 4.69) is 4.98 Å². The Morgan fingerprint density at radius 1 is 1.08 bits per heavy atom. The Kier molecular flexibility index (Phi) is 3.87. The van der Waals surface area contributed by atoms with Gasteiger partial charge in [0, 0.05) is 35.6 Å². The van der Waals surface area contributed by atoms with Crippen LogP contribution in [0.15, 0.2) is 48.8 Å². The third-order valence-electron chi connectivity index (χ3n) is 3.77. The van der Waals surface area contributed by atoms with Crippen molar-refractivity contribution in [3.05, 3.63) is 60.0 Å². The molecule has 0 saturated heterocycles. The highest BCUT2D eigenvalue weighted by Gasteiger charge is 2.30. The Hall–Kier alpha value is -2.34. The van der Waals surface area contributed by atoms with Crippen molar-refractivity contribution in [3.63, 3.8) is 0 Å². The molecule has 6 heteroatoms. The first kappa shape index (κ1) is 16.5. The highest BCUT2D eigenvalue weighted by Crippen LogP contribution is 2.32. The minimum atomic E-state index is -4.34. The van der Waals surface area contributed by atoms with Crippen LogP contribution in [0.2, 0.25) is 0 Å². The van der Waals surface area contributed by atoms with Gasteiger partial charge in [-0.15, -0.1) is 0 Å². The molecule has 126 valence electrons. The lowest BCUT2D eigenvalue weighted by atomic mass is 10.0. The van der Waals surface area contributed by atoms with Gasteiger partial charge in [0.25, 0.3) is 0 Å². The SMILES string of the molecule is CC(C)(N)Cc1cnc2c(-c3ccc(C(F)(F)F)cc3)cccn12. The van der Waals surface area contributed by atoms with Crippen molar-refractivity contribution in [2.45, 2.75) is 32.0 Å². The third-order valence-corrected chi connectivity index (χ3v) is 3.77. The van der Waals surface area contributed by atoms with Crippen molar-refractivity contribution in [2.24, 2.45) is 5.73 Å². The molecule has 3 rings (SSSR count). The largest absolute Gasteiger partial charge is 0.416 e. The van der Waals surface area contributed by atoms with Gasteiger partial charge >= 0.3 is 6.18 Å². The summed E-state index contributed by atoms with van der Waals surface area (Å²) in [5.74, 6) is 0. The number of nitrogens with zero attached hydrogens (tertiary/aromatic N) is 2. The van der Waals surface area contributed by atoms with Crippen LogP contribution >= 0.6 is 0 Å². The zero-order valence-electron chi connectivity index (χ0n) is 13.4. The van der Waals surface area contributed by atoms with E-state index in [0.29, 0.717) is 17.6 Å². The molecule has 2 aromatic heterocycles. The van der Waals surface area contributed by atoms with Gasteiger partial charge < -0.3 is 10.1 Å². The number of pyridine rings is 1. The molecular weight excluding hydrogens is 315 g/mol. The molecule has 1 aromatic carbocycles. The van der Waals surface area contributed by atoms with Crippen LogP contribution in [0.5, 0.6) is 0 Å². The Morgan fingerprint density at radius 3 is 2.33 bits per heavy atom. The van der Waals surface area contributed by atoms with Gasteiger partial charge in [-0.2, -0.15) is 13.2 Å². The lowest BCUT2D eigenvalue weighted by Gasteiger charge is -2.17. The van der Waals surface area contributed by atoms with Gasteiger partial charge in [0.1, 0.15) is 5.65 Å². The summed E-state index contributed by atoms with van der Waals surface area (Å²) >= 11 is 0. The number of alkyl halides is 3. The number of halogens is 3. The Morgan fingerprint density at radius 2 is 1.75 bits per heavy atom. The van der Waals surface area contributed by atoms with E-state index in [0.717, 1.165) is 23.4 Å². The molecule has 0 saturated carbocycles. The molecule has 3 nitrogen and oxygen atoms in total. The predicted molar refractivity (Wildman–Crippen MR) is 87.6 cm³/mol. The summed E-state index contributed by atoms with van der Waals surface area (Å²) in [5, 5.41) is 0. The molecule has 24 heavy (non-hydrogen) atoms. The van der Waals surface area contributed by atoms with Gasteiger partial charge in [-0.3, -0.25) is 0 Å². The van der Waals surface area contributed by atoms with Crippen LogP contribution in [-0.2, 0) is 12.6 Å². The second-order valence-corrected chi connectivity index (χ2v) is 6.61. The molecule has 2 N–H and O–H groups in total. The maximum Gasteiger partial charge on any atom is 0.416 e. The Labute approximate surface area is 137 Å². The van der Waals surface area contributed by atoms with E-state index in [1.807, 2.05) is 36.6 Å². The lowest BCUT2D eigenvalue weighted by Crippen LogP contribution is -2.34. The van der Waals surface area contributed by atoms with Gasteiger partial charge in [-0.1, -0.05) is 12.1 Å². The minimum Gasteiger partial charge on any atom is -0.325 e. The van der Waals surface area contributed by atoms with Crippen molar-refractivity contribution in [1.29, 1.82) is 0 Å².